The number of hydrogen-bond donors (Lipinski definition) is 3. The van der Waals surface area contributed by atoms with Gasteiger partial charge in [-0.1, -0.05) is 18.2 Å². The Hall–Kier alpha value is -0.835. The lowest BCUT2D eigenvalue weighted by Gasteiger charge is -2.05. The first-order valence-corrected chi connectivity index (χ1v) is 3.71. The number of benzene rings is 1. The van der Waals surface area contributed by atoms with Gasteiger partial charge in [0.15, 0.2) is 0 Å². The van der Waals surface area contributed by atoms with Crippen LogP contribution in [0.25, 0.3) is 0 Å². The van der Waals surface area contributed by atoms with Crippen molar-refractivity contribution in [3.8, 4) is 0 Å². The Bertz CT molecular complexity index is 273. The Morgan fingerprint density at radius 2 is 2.00 bits per heavy atom. The van der Waals surface area contributed by atoms with Gasteiger partial charge in [0.25, 0.3) is 0 Å². The van der Waals surface area contributed by atoms with Crippen LogP contribution in [0.2, 0.25) is 0 Å². The Labute approximate surface area is 71.4 Å². The zero-order valence-electron chi connectivity index (χ0n) is 6.86. The lowest BCUT2D eigenvalue weighted by atomic mass is 9.79. The van der Waals surface area contributed by atoms with E-state index in [1.807, 2.05) is 6.92 Å². The second-order valence-corrected chi connectivity index (χ2v) is 2.72. The van der Waals surface area contributed by atoms with Crippen LogP contribution in [-0.4, -0.2) is 22.3 Å². The molecule has 0 saturated carbocycles. The predicted molar refractivity (Wildman–Crippen MR) is 46.9 cm³/mol. The molecule has 0 saturated heterocycles. The van der Waals surface area contributed by atoms with Crippen molar-refractivity contribution in [1.29, 1.82) is 0 Å². The van der Waals surface area contributed by atoms with Gasteiger partial charge in [-0.15, -0.1) is 0 Å². The fraction of sp³-hybridized carbons (Fsp3) is 0.250. The SMILES string of the molecule is Cc1ccc(B(O)O)cc1CO. The summed E-state index contributed by atoms with van der Waals surface area (Å²) in [6, 6.07) is 4.96. The van der Waals surface area contributed by atoms with Crippen LogP contribution in [-0.2, 0) is 6.61 Å². The van der Waals surface area contributed by atoms with Crippen molar-refractivity contribution in [2.24, 2.45) is 0 Å². The van der Waals surface area contributed by atoms with E-state index in [0.717, 1.165) is 11.1 Å². The van der Waals surface area contributed by atoms with Gasteiger partial charge < -0.3 is 15.2 Å². The third-order valence-electron chi connectivity index (χ3n) is 1.84. The Morgan fingerprint density at radius 1 is 1.33 bits per heavy atom. The van der Waals surface area contributed by atoms with E-state index in [2.05, 4.69) is 0 Å². The maximum Gasteiger partial charge on any atom is 0.488 e. The Kier molecular flexibility index (Phi) is 2.86. The monoisotopic (exact) mass is 166 g/mol. The van der Waals surface area contributed by atoms with E-state index in [9.17, 15) is 0 Å². The molecule has 1 rings (SSSR count). The molecule has 0 amide bonds. The van der Waals surface area contributed by atoms with Crippen LogP contribution in [0.3, 0.4) is 0 Å². The third kappa shape index (κ3) is 1.85. The summed E-state index contributed by atoms with van der Waals surface area (Å²) in [6.45, 7) is 1.78. The van der Waals surface area contributed by atoms with Crippen molar-refractivity contribution in [3.05, 3.63) is 29.3 Å². The molecule has 64 valence electrons. The number of aliphatic hydroxyl groups excluding tert-OH is 1. The van der Waals surface area contributed by atoms with Gasteiger partial charge in [0.2, 0.25) is 0 Å². The molecule has 0 radical (unpaired) electrons. The molecular weight excluding hydrogens is 155 g/mol. The highest BCUT2D eigenvalue weighted by atomic mass is 16.4. The van der Waals surface area contributed by atoms with Gasteiger partial charge in [-0.25, -0.2) is 0 Å². The summed E-state index contributed by atoms with van der Waals surface area (Å²) >= 11 is 0. The zero-order valence-corrected chi connectivity index (χ0v) is 6.86. The van der Waals surface area contributed by atoms with Crippen molar-refractivity contribution < 1.29 is 15.2 Å². The lowest BCUT2D eigenvalue weighted by molar-refractivity contribution is 0.281. The smallest absolute Gasteiger partial charge is 0.423 e. The maximum absolute atomic E-state index is 8.86. The highest BCUT2D eigenvalue weighted by Crippen LogP contribution is 2.04. The quantitative estimate of drug-likeness (QED) is 0.502. The molecular formula is C8H11BO3. The third-order valence-corrected chi connectivity index (χ3v) is 1.84. The molecule has 0 spiro atoms. The van der Waals surface area contributed by atoms with Crippen LogP contribution in [0.1, 0.15) is 11.1 Å². The van der Waals surface area contributed by atoms with Gasteiger partial charge in [0, 0.05) is 0 Å². The van der Waals surface area contributed by atoms with Crippen LogP contribution >= 0.6 is 0 Å². The van der Waals surface area contributed by atoms with Gasteiger partial charge in [-0.3, -0.25) is 0 Å². The summed E-state index contributed by atoms with van der Waals surface area (Å²) in [5, 5.41) is 26.5. The fourth-order valence-electron chi connectivity index (χ4n) is 1.02. The van der Waals surface area contributed by atoms with E-state index in [-0.39, 0.29) is 6.61 Å². The van der Waals surface area contributed by atoms with Crippen LogP contribution in [0.4, 0.5) is 0 Å². The molecule has 4 heteroatoms. The van der Waals surface area contributed by atoms with E-state index < -0.39 is 7.12 Å². The molecule has 0 bridgehead atoms. The van der Waals surface area contributed by atoms with E-state index in [1.165, 1.54) is 0 Å². The zero-order chi connectivity index (χ0) is 9.14. The molecule has 0 fully saturated rings. The van der Waals surface area contributed by atoms with Crippen molar-refractivity contribution in [2.75, 3.05) is 0 Å². The van der Waals surface area contributed by atoms with Crippen LogP contribution in [0.15, 0.2) is 18.2 Å². The van der Waals surface area contributed by atoms with Crippen molar-refractivity contribution in [2.45, 2.75) is 13.5 Å². The fourth-order valence-corrected chi connectivity index (χ4v) is 1.02. The van der Waals surface area contributed by atoms with Crippen LogP contribution in [0, 0.1) is 6.92 Å². The summed E-state index contributed by atoms with van der Waals surface area (Å²) in [6.07, 6.45) is 0. The average molecular weight is 166 g/mol. The van der Waals surface area contributed by atoms with Crippen molar-refractivity contribution in [3.63, 3.8) is 0 Å². The molecule has 0 aliphatic heterocycles. The van der Waals surface area contributed by atoms with E-state index in [4.69, 9.17) is 15.2 Å². The van der Waals surface area contributed by atoms with E-state index >= 15 is 0 Å². The Balaban J connectivity index is 3.05. The highest BCUT2D eigenvalue weighted by molar-refractivity contribution is 6.58. The molecule has 0 atom stereocenters. The second-order valence-electron chi connectivity index (χ2n) is 2.72. The molecule has 0 heterocycles. The highest BCUT2D eigenvalue weighted by Gasteiger charge is 2.11. The number of hydrogen-bond acceptors (Lipinski definition) is 3. The molecule has 12 heavy (non-hydrogen) atoms. The minimum Gasteiger partial charge on any atom is -0.423 e. The van der Waals surface area contributed by atoms with Crippen LogP contribution in [0.5, 0.6) is 0 Å². The molecule has 0 aliphatic rings. The minimum absolute atomic E-state index is 0.0770. The topological polar surface area (TPSA) is 60.7 Å². The molecule has 3 nitrogen and oxygen atoms in total. The molecule has 0 unspecified atom stereocenters. The van der Waals surface area contributed by atoms with Crippen molar-refractivity contribution >= 4 is 12.6 Å². The molecule has 0 aliphatic carbocycles. The normalized spacial score (nSPS) is 10.0. The standard InChI is InChI=1S/C8H11BO3/c1-6-2-3-8(9(11)12)4-7(6)5-10/h2-4,10-12H,5H2,1H3. The summed E-state index contributed by atoms with van der Waals surface area (Å²) < 4.78 is 0. The van der Waals surface area contributed by atoms with Gasteiger partial charge in [-0.05, 0) is 23.5 Å². The summed E-state index contributed by atoms with van der Waals surface area (Å²) in [4.78, 5) is 0. The average Bonchev–Trinajstić information content (AvgIpc) is 2.05. The summed E-state index contributed by atoms with van der Waals surface area (Å²) in [5.74, 6) is 0. The second kappa shape index (κ2) is 3.71. The molecule has 1 aromatic carbocycles. The van der Waals surface area contributed by atoms with Gasteiger partial charge >= 0.3 is 7.12 Å². The number of rotatable bonds is 2. The maximum atomic E-state index is 8.86. The molecule has 0 aromatic heterocycles. The van der Waals surface area contributed by atoms with Crippen LogP contribution < -0.4 is 5.46 Å². The first-order chi connectivity index (χ1) is 5.65. The van der Waals surface area contributed by atoms with Gasteiger partial charge in [-0.2, -0.15) is 0 Å². The largest absolute Gasteiger partial charge is 0.488 e. The van der Waals surface area contributed by atoms with E-state index in [0.29, 0.717) is 5.46 Å². The molecule has 1 aromatic rings. The first-order valence-electron chi connectivity index (χ1n) is 3.71. The molecule has 3 N–H and O–H groups in total. The number of aliphatic hydroxyl groups is 1. The lowest BCUT2D eigenvalue weighted by Crippen LogP contribution is -2.30. The minimum atomic E-state index is -1.46. The van der Waals surface area contributed by atoms with Crippen molar-refractivity contribution in [1.82, 2.24) is 0 Å². The number of aryl methyl sites for hydroxylation is 1. The van der Waals surface area contributed by atoms with Gasteiger partial charge in [0.1, 0.15) is 0 Å². The predicted octanol–water partition coefficient (Wildman–Crippen LogP) is -0.833. The summed E-state index contributed by atoms with van der Waals surface area (Å²) in [7, 11) is -1.46. The van der Waals surface area contributed by atoms with Gasteiger partial charge in [0.05, 0.1) is 6.61 Å². The first kappa shape index (κ1) is 9.25. The Morgan fingerprint density at radius 3 is 2.50 bits per heavy atom. The summed E-state index contributed by atoms with van der Waals surface area (Å²) in [5.41, 5.74) is 2.08. The van der Waals surface area contributed by atoms with E-state index in [1.54, 1.807) is 18.2 Å².